The zero-order valence-corrected chi connectivity index (χ0v) is 24.0. The fourth-order valence-corrected chi connectivity index (χ4v) is 5.62. The second kappa shape index (κ2) is 11.8. The molecule has 0 saturated carbocycles. The van der Waals surface area contributed by atoms with Gasteiger partial charge in [0.15, 0.2) is 17.5 Å². The van der Waals surface area contributed by atoms with Gasteiger partial charge in [-0.1, -0.05) is 151 Å². The van der Waals surface area contributed by atoms with Crippen molar-refractivity contribution in [2.75, 3.05) is 0 Å². The third-order valence-electron chi connectivity index (χ3n) is 7.39. The highest BCUT2D eigenvalue weighted by Gasteiger charge is 2.17. The lowest BCUT2D eigenvalue weighted by molar-refractivity contribution is 1.07. The number of hydrogen-bond donors (Lipinski definition) is 0. The largest absolute Gasteiger partial charge is 0.208 e. The molecule has 0 atom stereocenters. The summed E-state index contributed by atoms with van der Waals surface area (Å²) in [6.45, 7) is 0. The molecule has 1 aromatic heterocycles. The van der Waals surface area contributed by atoms with Crippen LogP contribution in [0.1, 0.15) is 0 Å². The molecule has 6 aromatic carbocycles. The Balaban J connectivity index is 1.42. The van der Waals surface area contributed by atoms with E-state index in [1.807, 2.05) is 103 Å². The van der Waals surface area contributed by atoms with E-state index in [1.54, 1.807) is 0 Å². The molecule has 0 unspecified atom stereocenters. The predicted octanol–water partition coefficient (Wildman–Crippen LogP) is 10.5. The fraction of sp³-hybridized carbons (Fsp3) is 0. The zero-order chi connectivity index (χ0) is 29.0. The highest BCUT2D eigenvalue weighted by molar-refractivity contribution is 6.34. The predicted molar refractivity (Wildman–Crippen MR) is 177 cm³/mol. The lowest BCUT2D eigenvalue weighted by atomic mass is 9.90. The van der Waals surface area contributed by atoms with E-state index in [0.717, 1.165) is 50.1 Å². The van der Waals surface area contributed by atoms with Gasteiger partial charge in [0, 0.05) is 27.3 Å². The maximum absolute atomic E-state index is 7.07. The number of benzene rings is 6. The van der Waals surface area contributed by atoms with E-state index in [-0.39, 0.29) is 0 Å². The molecule has 3 nitrogen and oxygen atoms in total. The first kappa shape index (κ1) is 26.5. The number of aromatic nitrogens is 3. The Morgan fingerprint density at radius 1 is 0.326 bits per heavy atom. The summed E-state index contributed by atoms with van der Waals surface area (Å²) < 4.78 is 0. The van der Waals surface area contributed by atoms with Gasteiger partial charge in [-0.25, -0.2) is 15.0 Å². The first-order valence-corrected chi connectivity index (χ1v) is 14.5. The molecule has 0 bridgehead atoms. The number of rotatable bonds is 6. The second-order valence-electron chi connectivity index (χ2n) is 10.2. The molecule has 0 aliphatic carbocycles. The first-order valence-electron chi connectivity index (χ1n) is 14.1. The fourth-order valence-electron chi connectivity index (χ4n) is 5.29. The van der Waals surface area contributed by atoms with Crippen LogP contribution in [0, 0.1) is 0 Å². The molecule has 0 fully saturated rings. The molecule has 0 spiro atoms. The molecule has 0 amide bonds. The first-order chi connectivity index (χ1) is 21.2. The lowest BCUT2D eigenvalue weighted by Gasteiger charge is -2.16. The highest BCUT2D eigenvalue weighted by atomic mass is 35.5. The van der Waals surface area contributed by atoms with Gasteiger partial charge in [0.25, 0.3) is 0 Å². The van der Waals surface area contributed by atoms with Crippen molar-refractivity contribution in [2.24, 2.45) is 0 Å². The van der Waals surface area contributed by atoms with Gasteiger partial charge in [0.05, 0.1) is 0 Å². The van der Waals surface area contributed by atoms with E-state index < -0.39 is 0 Å². The normalized spacial score (nSPS) is 10.9. The van der Waals surface area contributed by atoms with Crippen molar-refractivity contribution >= 4 is 11.6 Å². The third-order valence-corrected chi connectivity index (χ3v) is 7.69. The van der Waals surface area contributed by atoms with E-state index in [9.17, 15) is 0 Å². The quantitative estimate of drug-likeness (QED) is 0.199. The minimum atomic E-state index is 0.612. The van der Waals surface area contributed by atoms with Crippen LogP contribution in [0.4, 0.5) is 0 Å². The summed E-state index contributed by atoms with van der Waals surface area (Å²) in [6.07, 6.45) is 0. The van der Waals surface area contributed by atoms with Gasteiger partial charge in [0.1, 0.15) is 0 Å². The zero-order valence-electron chi connectivity index (χ0n) is 23.2. The molecule has 204 valence electrons. The Morgan fingerprint density at radius 2 is 0.744 bits per heavy atom. The molecule has 43 heavy (non-hydrogen) atoms. The maximum Gasteiger partial charge on any atom is 0.164 e. The molecule has 4 heteroatoms. The lowest BCUT2D eigenvalue weighted by Crippen LogP contribution is -2.00. The van der Waals surface area contributed by atoms with Crippen LogP contribution in [-0.4, -0.2) is 15.0 Å². The van der Waals surface area contributed by atoms with Crippen LogP contribution in [0.5, 0.6) is 0 Å². The minimum absolute atomic E-state index is 0.612. The van der Waals surface area contributed by atoms with Gasteiger partial charge < -0.3 is 0 Å². The van der Waals surface area contributed by atoms with Gasteiger partial charge >= 0.3 is 0 Å². The second-order valence-corrected chi connectivity index (χ2v) is 10.6. The summed E-state index contributed by atoms with van der Waals surface area (Å²) in [7, 11) is 0. The molecule has 0 aliphatic rings. The van der Waals surface area contributed by atoms with Gasteiger partial charge in [-0.3, -0.25) is 0 Å². The Morgan fingerprint density at radius 3 is 1.28 bits per heavy atom. The van der Waals surface area contributed by atoms with Crippen molar-refractivity contribution in [3.63, 3.8) is 0 Å². The minimum Gasteiger partial charge on any atom is -0.208 e. The summed E-state index contributed by atoms with van der Waals surface area (Å²) in [5, 5.41) is 0.700. The highest BCUT2D eigenvalue weighted by Crippen LogP contribution is 2.42. The summed E-state index contributed by atoms with van der Waals surface area (Å²) in [5.41, 5.74) is 9.06. The smallest absolute Gasteiger partial charge is 0.164 e. The molecular formula is C39H26ClN3. The number of halogens is 1. The van der Waals surface area contributed by atoms with Gasteiger partial charge in [0.2, 0.25) is 0 Å². The van der Waals surface area contributed by atoms with Crippen molar-refractivity contribution in [3.05, 3.63) is 163 Å². The van der Waals surface area contributed by atoms with Crippen LogP contribution >= 0.6 is 11.6 Å². The van der Waals surface area contributed by atoms with Crippen LogP contribution in [0.15, 0.2) is 158 Å². The Bertz CT molecular complexity index is 1950. The molecule has 7 rings (SSSR count). The molecule has 7 aromatic rings. The summed E-state index contributed by atoms with van der Waals surface area (Å²) >= 11 is 7.07. The van der Waals surface area contributed by atoms with E-state index >= 15 is 0 Å². The third kappa shape index (κ3) is 5.59. The van der Waals surface area contributed by atoms with Crippen molar-refractivity contribution in [3.8, 4) is 67.5 Å². The Hall–Kier alpha value is -5.38. The van der Waals surface area contributed by atoms with Crippen LogP contribution in [-0.2, 0) is 0 Å². The van der Waals surface area contributed by atoms with Gasteiger partial charge in [-0.05, 0) is 46.0 Å². The molecule has 1 heterocycles. The van der Waals surface area contributed by atoms with E-state index in [1.165, 1.54) is 0 Å². The summed E-state index contributed by atoms with van der Waals surface area (Å²) in [5.74, 6) is 1.88. The molecule has 0 saturated heterocycles. The molecule has 0 aliphatic heterocycles. The van der Waals surface area contributed by atoms with Crippen LogP contribution in [0.2, 0.25) is 5.02 Å². The van der Waals surface area contributed by atoms with Crippen LogP contribution in [0.25, 0.3) is 67.5 Å². The van der Waals surface area contributed by atoms with Crippen molar-refractivity contribution in [1.82, 2.24) is 15.0 Å². The summed E-state index contributed by atoms with van der Waals surface area (Å²) in [4.78, 5) is 14.7. The van der Waals surface area contributed by atoms with Gasteiger partial charge in [-0.2, -0.15) is 0 Å². The number of nitrogens with zero attached hydrogens (tertiary/aromatic N) is 3. The van der Waals surface area contributed by atoms with Crippen molar-refractivity contribution in [2.45, 2.75) is 0 Å². The van der Waals surface area contributed by atoms with Crippen LogP contribution < -0.4 is 0 Å². The van der Waals surface area contributed by atoms with E-state index in [0.29, 0.717) is 22.5 Å². The molecule has 0 N–H and O–H groups in total. The average molecular weight is 572 g/mol. The van der Waals surface area contributed by atoms with E-state index in [2.05, 4.69) is 54.6 Å². The SMILES string of the molecule is Clc1cc(-c2ccccc2)cc(-c2cccc(-c3nc(-c4ccccc4)nc(-c4ccccc4)n3)c2)c1-c1ccccc1. The van der Waals surface area contributed by atoms with E-state index in [4.69, 9.17) is 26.6 Å². The monoisotopic (exact) mass is 571 g/mol. The average Bonchev–Trinajstić information content (AvgIpc) is 3.09. The topological polar surface area (TPSA) is 38.7 Å². The number of hydrogen-bond acceptors (Lipinski definition) is 3. The molecule has 0 radical (unpaired) electrons. The van der Waals surface area contributed by atoms with Crippen LogP contribution in [0.3, 0.4) is 0 Å². The summed E-state index contributed by atoms with van der Waals surface area (Å²) in [6, 6.07) is 53.3. The van der Waals surface area contributed by atoms with Crippen molar-refractivity contribution < 1.29 is 0 Å². The van der Waals surface area contributed by atoms with Crippen molar-refractivity contribution in [1.29, 1.82) is 0 Å². The Kier molecular flexibility index (Phi) is 7.31. The standard InChI is InChI=1S/C39H26ClN3/c40-35-26-33(27-14-5-1-6-15-27)25-34(36(35)28-16-7-2-8-17-28)31-22-13-23-32(24-31)39-42-37(29-18-9-3-10-19-29)41-38(43-39)30-20-11-4-12-21-30/h1-26H. The van der Waals surface area contributed by atoms with Gasteiger partial charge in [-0.15, -0.1) is 0 Å². The molecular weight excluding hydrogens is 546 g/mol. The maximum atomic E-state index is 7.07. The Labute approximate surface area is 256 Å².